The number of amides is 2. The van der Waals surface area contributed by atoms with Gasteiger partial charge < -0.3 is 24.9 Å². The van der Waals surface area contributed by atoms with Gasteiger partial charge in [-0.2, -0.15) is 0 Å². The van der Waals surface area contributed by atoms with Crippen LogP contribution in [-0.4, -0.2) is 23.8 Å². The molecular formula is C19H26N2O4. The molecule has 1 heterocycles. The first-order valence-electron chi connectivity index (χ1n) is 8.40. The van der Waals surface area contributed by atoms with E-state index in [1.807, 2.05) is 39.8 Å². The molecule has 0 fully saturated rings. The van der Waals surface area contributed by atoms with Crippen LogP contribution in [0.25, 0.3) is 0 Å². The smallest absolute Gasteiger partial charge is 0.315 e. The molecule has 2 unspecified atom stereocenters. The SMILES string of the molecule is Cc1ccc(C(C)NC(=O)NCC(O)c2ccc(OC(C)C)cc2)o1. The van der Waals surface area contributed by atoms with Gasteiger partial charge in [0.05, 0.1) is 18.2 Å². The molecule has 1 aromatic heterocycles. The first-order chi connectivity index (χ1) is 11.8. The normalized spacial score (nSPS) is 13.4. The Morgan fingerprint density at radius 2 is 1.84 bits per heavy atom. The molecule has 3 N–H and O–H groups in total. The maximum absolute atomic E-state index is 11.9. The van der Waals surface area contributed by atoms with Crippen LogP contribution >= 0.6 is 0 Å². The second-order valence-corrected chi connectivity index (χ2v) is 6.28. The standard InChI is InChI=1S/C19H26N2O4/c1-12(2)24-16-8-6-15(7-9-16)17(22)11-20-19(23)21-14(4)18-10-5-13(3)25-18/h5-10,12,14,17,22H,11H2,1-4H3,(H2,20,21,23). The summed E-state index contributed by atoms with van der Waals surface area (Å²) in [6, 6.07) is 10.3. The fourth-order valence-corrected chi connectivity index (χ4v) is 2.35. The van der Waals surface area contributed by atoms with Crippen molar-refractivity contribution in [3.63, 3.8) is 0 Å². The van der Waals surface area contributed by atoms with Crippen molar-refractivity contribution in [3.8, 4) is 5.75 Å². The molecule has 2 atom stereocenters. The highest BCUT2D eigenvalue weighted by atomic mass is 16.5. The van der Waals surface area contributed by atoms with E-state index in [9.17, 15) is 9.90 Å². The zero-order valence-corrected chi connectivity index (χ0v) is 15.1. The minimum absolute atomic E-state index is 0.0982. The molecule has 0 aliphatic rings. The Kier molecular flexibility index (Phi) is 6.47. The summed E-state index contributed by atoms with van der Waals surface area (Å²) >= 11 is 0. The number of rotatable bonds is 7. The van der Waals surface area contributed by atoms with Crippen molar-refractivity contribution in [2.75, 3.05) is 6.54 Å². The van der Waals surface area contributed by atoms with Gasteiger partial charge in [-0.05, 0) is 57.5 Å². The van der Waals surface area contributed by atoms with Crippen LogP contribution in [0.3, 0.4) is 0 Å². The minimum Gasteiger partial charge on any atom is -0.491 e. The van der Waals surface area contributed by atoms with E-state index in [-0.39, 0.29) is 24.7 Å². The molecule has 0 aliphatic carbocycles. The van der Waals surface area contributed by atoms with E-state index >= 15 is 0 Å². The number of aliphatic hydroxyl groups is 1. The Hall–Kier alpha value is -2.47. The Morgan fingerprint density at radius 3 is 2.40 bits per heavy atom. The lowest BCUT2D eigenvalue weighted by Gasteiger charge is -2.16. The van der Waals surface area contributed by atoms with Crippen LogP contribution < -0.4 is 15.4 Å². The second-order valence-electron chi connectivity index (χ2n) is 6.28. The monoisotopic (exact) mass is 346 g/mol. The Balaban J connectivity index is 1.80. The van der Waals surface area contributed by atoms with Crippen molar-refractivity contribution >= 4 is 6.03 Å². The summed E-state index contributed by atoms with van der Waals surface area (Å²) < 4.78 is 11.0. The van der Waals surface area contributed by atoms with Gasteiger partial charge in [-0.25, -0.2) is 4.79 Å². The number of ether oxygens (including phenoxy) is 1. The Labute approximate surface area is 148 Å². The Morgan fingerprint density at radius 1 is 1.16 bits per heavy atom. The highest BCUT2D eigenvalue weighted by Crippen LogP contribution is 2.19. The fraction of sp³-hybridized carbons (Fsp3) is 0.421. The van der Waals surface area contributed by atoms with Gasteiger partial charge >= 0.3 is 6.03 Å². The lowest BCUT2D eigenvalue weighted by molar-refractivity contribution is 0.172. The summed E-state index contributed by atoms with van der Waals surface area (Å²) in [4.78, 5) is 11.9. The van der Waals surface area contributed by atoms with E-state index in [0.29, 0.717) is 11.3 Å². The lowest BCUT2D eigenvalue weighted by Crippen LogP contribution is -2.39. The molecule has 0 bridgehead atoms. The van der Waals surface area contributed by atoms with E-state index in [1.165, 1.54) is 0 Å². The number of furan rings is 1. The summed E-state index contributed by atoms with van der Waals surface area (Å²) in [5, 5.41) is 15.6. The second kappa shape index (κ2) is 8.58. The van der Waals surface area contributed by atoms with Crippen molar-refractivity contribution in [3.05, 3.63) is 53.5 Å². The van der Waals surface area contributed by atoms with Gasteiger partial charge in [0.15, 0.2) is 0 Å². The highest BCUT2D eigenvalue weighted by molar-refractivity contribution is 5.74. The average molecular weight is 346 g/mol. The maximum Gasteiger partial charge on any atom is 0.315 e. The minimum atomic E-state index is -0.792. The number of carbonyl (C=O) groups is 1. The van der Waals surface area contributed by atoms with Crippen molar-refractivity contribution < 1.29 is 19.1 Å². The third-order valence-electron chi connectivity index (χ3n) is 3.63. The van der Waals surface area contributed by atoms with Crippen LogP contribution in [0.5, 0.6) is 5.75 Å². The number of aryl methyl sites for hydroxylation is 1. The average Bonchev–Trinajstić information content (AvgIpc) is 2.99. The largest absolute Gasteiger partial charge is 0.491 e. The van der Waals surface area contributed by atoms with E-state index in [0.717, 1.165) is 11.5 Å². The molecule has 0 aliphatic heterocycles. The third-order valence-corrected chi connectivity index (χ3v) is 3.63. The predicted molar refractivity (Wildman–Crippen MR) is 95.6 cm³/mol. The molecule has 2 rings (SSSR count). The van der Waals surface area contributed by atoms with Crippen molar-refractivity contribution in [2.45, 2.75) is 45.9 Å². The zero-order valence-electron chi connectivity index (χ0n) is 15.1. The van der Waals surface area contributed by atoms with Crippen LogP contribution in [0.2, 0.25) is 0 Å². The molecule has 6 nitrogen and oxygen atoms in total. The molecule has 2 aromatic rings. The van der Waals surface area contributed by atoms with Crippen LogP contribution in [0.4, 0.5) is 4.79 Å². The van der Waals surface area contributed by atoms with E-state index in [2.05, 4.69) is 10.6 Å². The summed E-state index contributed by atoms with van der Waals surface area (Å²) in [5.74, 6) is 2.23. The fourth-order valence-electron chi connectivity index (χ4n) is 2.35. The molecule has 2 amide bonds. The number of nitrogens with one attached hydrogen (secondary N) is 2. The van der Waals surface area contributed by atoms with Gasteiger partial charge in [0.25, 0.3) is 0 Å². The number of urea groups is 1. The molecular weight excluding hydrogens is 320 g/mol. The van der Waals surface area contributed by atoms with Crippen LogP contribution in [0.15, 0.2) is 40.8 Å². The summed E-state index contributed by atoms with van der Waals surface area (Å²) in [6.07, 6.45) is -0.693. The first-order valence-corrected chi connectivity index (χ1v) is 8.40. The van der Waals surface area contributed by atoms with Crippen molar-refractivity contribution in [1.82, 2.24) is 10.6 Å². The van der Waals surface area contributed by atoms with Gasteiger partial charge in [0, 0.05) is 6.54 Å². The molecule has 0 saturated carbocycles. The molecule has 1 aromatic carbocycles. The van der Waals surface area contributed by atoms with Crippen LogP contribution in [-0.2, 0) is 0 Å². The maximum atomic E-state index is 11.9. The van der Waals surface area contributed by atoms with Crippen LogP contribution in [0.1, 0.15) is 50.0 Å². The third kappa shape index (κ3) is 5.83. The zero-order chi connectivity index (χ0) is 18.4. The summed E-state index contributed by atoms with van der Waals surface area (Å²) in [5.41, 5.74) is 0.714. The van der Waals surface area contributed by atoms with Gasteiger partial charge in [-0.3, -0.25) is 0 Å². The first kappa shape index (κ1) is 18.9. The van der Waals surface area contributed by atoms with E-state index in [4.69, 9.17) is 9.15 Å². The van der Waals surface area contributed by atoms with Crippen molar-refractivity contribution in [1.29, 1.82) is 0 Å². The summed E-state index contributed by atoms with van der Waals surface area (Å²) in [7, 11) is 0. The van der Waals surface area contributed by atoms with Crippen molar-refractivity contribution in [2.24, 2.45) is 0 Å². The highest BCUT2D eigenvalue weighted by Gasteiger charge is 2.14. The quantitative estimate of drug-likeness (QED) is 0.717. The Bertz CT molecular complexity index is 679. The predicted octanol–water partition coefficient (Wildman–Crippen LogP) is 3.47. The molecule has 136 valence electrons. The van der Waals surface area contributed by atoms with Crippen LogP contribution in [0, 0.1) is 6.92 Å². The molecule has 6 heteroatoms. The lowest BCUT2D eigenvalue weighted by atomic mass is 10.1. The molecule has 0 spiro atoms. The topological polar surface area (TPSA) is 83.7 Å². The number of carbonyl (C=O) groups excluding carboxylic acids is 1. The molecule has 25 heavy (non-hydrogen) atoms. The summed E-state index contributed by atoms with van der Waals surface area (Å²) in [6.45, 7) is 7.71. The van der Waals surface area contributed by atoms with Gasteiger partial charge in [0.2, 0.25) is 0 Å². The number of aliphatic hydroxyl groups excluding tert-OH is 1. The van der Waals surface area contributed by atoms with E-state index in [1.54, 1.807) is 24.3 Å². The molecule has 0 saturated heterocycles. The van der Waals surface area contributed by atoms with Gasteiger partial charge in [0.1, 0.15) is 17.3 Å². The molecule has 0 radical (unpaired) electrons. The number of hydrogen-bond acceptors (Lipinski definition) is 4. The number of benzene rings is 1. The number of hydrogen-bond donors (Lipinski definition) is 3. The van der Waals surface area contributed by atoms with Gasteiger partial charge in [-0.1, -0.05) is 12.1 Å². The van der Waals surface area contributed by atoms with E-state index < -0.39 is 6.10 Å². The van der Waals surface area contributed by atoms with Gasteiger partial charge in [-0.15, -0.1) is 0 Å².